The van der Waals surface area contributed by atoms with Crippen LogP contribution in [0.2, 0.25) is 0 Å². The second-order valence-electron chi connectivity index (χ2n) is 7.94. The number of nitrogens with one attached hydrogen (secondary N) is 1. The van der Waals surface area contributed by atoms with Crippen molar-refractivity contribution in [2.24, 2.45) is 0 Å². The van der Waals surface area contributed by atoms with E-state index in [4.69, 9.17) is 4.74 Å². The molecule has 0 saturated heterocycles. The Morgan fingerprint density at radius 3 is 2.47 bits per heavy atom. The first-order valence-corrected chi connectivity index (χ1v) is 11.7. The van der Waals surface area contributed by atoms with E-state index in [-0.39, 0.29) is 11.6 Å². The second-order valence-corrected chi connectivity index (χ2v) is 8.79. The van der Waals surface area contributed by atoms with Crippen LogP contribution in [0.5, 0.6) is 5.75 Å². The van der Waals surface area contributed by atoms with Gasteiger partial charge in [-0.05, 0) is 74.6 Å². The van der Waals surface area contributed by atoms with Crippen LogP contribution in [0.15, 0.2) is 101 Å². The van der Waals surface area contributed by atoms with Gasteiger partial charge in [0.05, 0.1) is 10.5 Å². The van der Waals surface area contributed by atoms with Crippen LogP contribution in [0, 0.1) is 11.3 Å². The van der Waals surface area contributed by atoms with Gasteiger partial charge in [0.1, 0.15) is 24.0 Å². The number of halogens is 1. The number of fused-ring (bicyclic) bond motifs is 1. The van der Waals surface area contributed by atoms with E-state index in [1.54, 1.807) is 6.08 Å². The zero-order valence-corrected chi connectivity index (χ0v) is 20.2. The van der Waals surface area contributed by atoms with Crippen molar-refractivity contribution in [2.75, 3.05) is 0 Å². The third kappa shape index (κ3) is 5.72. The lowest BCUT2D eigenvalue weighted by molar-refractivity contribution is -0.117. The van der Waals surface area contributed by atoms with Gasteiger partial charge in [0.25, 0.3) is 5.91 Å². The lowest BCUT2D eigenvalue weighted by atomic mass is 10.1. The van der Waals surface area contributed by atoms with Crippen LogP contribution in [0.25, 0.3) is 16.8 Å². The summed E-state index contributed by atoms with van der Waals surface area (Å²) in [6.07, 6.45) is 1.57. The van der Waals surface area contributed by atoms with E-state index in [2.05, 4.69) is 51.6 Å². The SMILES string of the molecule is C[C@H](NC(=O)/C(C#N)=C\c1ccc(OCc2ccc3ccccc3c2)c(Br)c1)c1ccccc1. The number of nitrogens with zero attached hydrogens (tertiary/aromatic N) is 1. The van der Waals surface area contributed by atoms with Gasteiger partial charge < -0.3 is 10.1 Å². The molecule has 0 fully saturated rings. The van der Waals surface area contributed by atoms with Crippen molar-refractivity contribution in [1.82, 2.24) is 5.32 Å². The van der Waals surface area contributed by atoms with Crippen molar-refractivity contribution in [3.63, 3.8) is 0 Å². The van der Waals surface area contributed by atoms with Gasteiger partial charge in [-0.1, -0.05) is 72.8 Å². The summed E-state index contributed by atoms with van der Waals surface area (Å²) in [4.78, 5) is 12.6. The molecule has 0 aliphatic rings. The van der Waals surface area contributed by atoms with E-state index >= 15 is 0 Å². The minimum absolute atomic E-state index is 0.0412. The molecule has 1 amide bonds. The van der Waals surface area contributed by atoms with Gasteiger partial charge in [-0.2, -0.15) is 5.26 Å². The van der Waals surface area contributed by atoms with Gasteiger partial charge in [-0.15, -0.1) is 0 Å². The monoisotopic (exact) mass is 510 g/mol. The van der Waals surface area contributed by atoms with Gasteiger partial charge in [0.15, 0.2) is 0 Å². The molecule has 1 N–H and O–H groups in total. The highest BCUT2D eigenvalue weighted by Crippen LogP contribution is 2.28. The highest BCUT2D eigenvalue weighted by molar-refractivity contribution is 9.10. The molecule has 0 heterocycles. The number of hydrogen-bond donors (Lipinski definition) is 1. The number of carbonyl (C=O) groups excluding carboxylic acids is 1. The van der Waals surface area contributed by atoms with Gasteiger partial charge in [0, 0.05) is 0 Å². The van der Waals surface area contributed by atoms with E-state index in [0.717, 1.165) is 21.2 Å². The Balaban J connectivity index is 1.43. The third-order valence-corrected chi connectivity index (χ3v) is 6.11. The lowest BCUT2D eigenvalue weighted by Crippen LogP contribution is -2.27. The fourth-order valence-corrected chi connectivity index (χ4v) is 4.14. The summed E-state index contributed by atoms with van der Waals surface area (Å²) in [6.45, 7) is 2.32. The van der Waals surface area contributed by atoms with Crippen LogP contribution in [0.3, 0.4) is 0 Å². The van der Waals surface area contributed by atoms with E-state index in [1.807, 2.05) is 73.7 Å². The maximum atomic E-state index is 12.6. The minimum Gasteiger partial charge on any atom is -0.488 e. The van der Waals surface area contributed by atoms with Gasteiger partial charge in [-0.25, -0.2) is 0 Å². The van der Waals surface area contributed by atoms with E-state index < -0.39 is 5.91 Å². The van der Waals surface area contributed by atoms with E-state index in [0.29, 0.717) is 12.4 Å². The average molecular weight is 511 g/mol. The Morgan fingerprint density at radius 1 is 1.00 bits per heavy atom. The van der Waals surface area contributed by atoms with E-state index in [9.17, 15) is 10.1 Å². The highest BCUT2D eigenvalue weighted by atomic mass is 79.9. The van der Waals surface area contributed by atoms with Crippen LogP contribution in [-0.4, -0.2) is 5.91 Å². The maximum absolute atomic E-state index is 12.6. The second kappa shape index (κ2) is 10.8. The first kappa shape index (κ1) is 23.3. The normalized spacial score (nSPS) is 12.1. The van der Waals surface area contributed by atoms with Crippen LogP contribution in [-0.2, 0) is 11.4 Å². The van der Waals surface area contributed by atoms with Crippen molar-refractivity contribution >= 4 is 38.7 Å². The highest BCUT2D eigenvalue weighted by Gasteiger charge is 2.14. The summed E-state index contributed by atoms with van der Waals surface area (Å²) in [5.41, 5.74) is 2.82. The molecular formula is C29H23BrN2O2. The van der Waals surface area contributed by atoms with E-state index in [1.165, 1.54) is 10.8 Å². The van der Waals surface area contributed by atoms with Gasteiger partial charge in [0.2, 0.25) is 0 Å². The summed E-state index contributed by atoms with van der Waals surface area (Å²) < 4.78 is 6.74. The van der Waals surface area contributed by atoms with Crippen LogP contribution in [0.1, 0.15) is 29.7 Å². The Kier molecular flexibility index (Phi) is 7.41. The van der Waals surface area contributed by atoms with Crippen molar-refractivity contribution in [1.29, 1.82) is 5.26 Å². The Bertz CT molecular complexity index is 1390. The summed E-state index contributed by atoms with van der Waals surface area (Å²) in [7, 11) is 0. The minimum atomic E-state index is -0.411. The predicted octanol–water partition coefficient (Wildman–Crippen LogP) is 6.97. The number of rotatable bonds is 7. The molecule has 1 atom stereocenters. The smallest absolute Gasteiger partial charge is 0.262 e. The van der Waals surface area contributed by atoms with Crippen molar-refractivity contribution in [2.45, 2.75) is 19.6 Å². The number of nitriles is 1. The molecule has 5 heteroatoms. The molecule has 0 saturated carbocycles. The third-order valence-electron chi connectivity index (χ3n) is 5.49. The molecular weight excluding hydrogens is 488 g/mol. The van der Waals surface area contributed by atoms with Crippen molar-refractivity contribution in [3.05, 3.63) is 118 Å². The van der Waals surface area contributed by atoms with Crippen LogP contribution in [0.4, 0.5) is 0 Å². The Morgan fingerprint density at radius 2 is 1.74 bits per heavy atom. The molecule has 0 bridgehead atoms. The molecule has 0 radical (unpaired) electrons. The van der Waals surface area contributed by atoms with Crippen molar-refractivity contribution < 1.29 is 9.53 Å². The van der Waals surface area contributed by atoms with Crippen molar-refractivity contribution in [3.8, 4) is 11.8 Å². The molecule has 0 unspecified atom stereocenters. The molecule has 34 heavy (non-hydrogen) atoms. The number of carbonyl (C=O) groups is 1. The van der Waals surface area contributed by atoms with Gasteiger partial charge in [-0.3, -0.25) is 4.79 Å². The average Bonchev–Trinajstić information content (AvgIpc) is 2.87. The van der Waals surface area contributed by atoms with Crippen LogP contribution < -0.4 is 10.1 Å². The largest absolute Gasteiger partial charge is 0.488 e. The maximum Gasteiger partial charge on any atom is 0.262 e. The number of amides is 1. The molecule has 4 rings (SSSR count). The molecule has 0 spiro atoms. The Hall–Kier alpha value is -3.88. The molecule has 4 aromatic carbocycles. The topological polar surface area (TPSA) is 62.1 Å². The molecule has 4 nitrogen and oxygen atoms in total. The zero-order valence-electron chi connectivity index (χ0n) is 18.7. The summed E-state index contributed by atoms with van der Waals surface area (Å²) in [5, 5.41) is 14.8. The molecule has 0 aromatic heterocycles. The standard InChI is InChI=1S/C29H23BrN2O2/c1-20(23-7-3-2-4-8-23)32-29(33)26(18-31)15-21-12-14-28(27(30)17-21)34-19-22-11-13-24-9-5-6-10-25(24)16-22/h2-17,20H,19H2,1H3,(H,32,33)/b26-15-/t20-/m0/s1. The molecule has 4 aromatic rings. The first-order valence-electron chi connectivity index (χ1n) is 10.9. The summed E-state index contributed by atoms with van der Waals surface area (Å²) in [5.74, 6) is 0.276. The number of hydrogen-bond acceptors (Lipinski definition) is 3. The predicted molar refractivity (Wildman–Crippen MR) is 139 cm³/mol. The zero-order chi connectivity index (χ0) is 23.9. The fraction of sp³-hybridized carbons (Fsp3) is 0.103. The number of benzene rings is 4. The fourth-order valence-electron chi connectivity index (χ4n) is 3.63. The molecule has 0 aliphatic heterocycles. The molecule has 0 aliphatic carbocycles. The first-order chi connectivity index (χ1) is 16.5. The van der Waals surface area contributed by atoms with Crippen LogP contribution >= 0.6 is 15.9 Å². The quantitative estimate of drug-likeness (QED) is 0.215. The lowest BCUT2D eigenvalue weighted by Gasteiger charge is -2.14. The summed E-state index contributed by atoms with van der Waals surface area (Å²) >= 11 is 3.54. The summed E-state index contributed by atoms with van der Waals surface area (Å²) in [6, 6.07) is 31.4. The van der Waals surface area contributed by atoms with Gasteiger partial charge >= 0.3 is 0 Å². The molecule has 168 valence electrons. The number of ether oxygens (including phenoxy) is 1. The Labute approximate surface area is 207 Å².